The summed E-state index contributed by atoms with van der Waals surface area (Å²) in [7, 11) is 0. The van der Waals surface area contributed by atoms with Gasteiger partial charge in [0.05, 0.1) is 6.42 Å². The molecule has 25 heavy (non-hydrogen) atoms. The topological polar surface area (TPSA) is 91.3 Å². The highest BCUT2D eigenvalue weighted by Gasteiger charge is 2.32. The first-order valence-electron chi connectivity index (χ1n) is 7.12. The number of carbonyl (C=O) groups is 2. The number of benzene rings is 1. The first-order chi connectivity index (χ1) is 11.7. The van der Waals surface area contributed by atoms with Crippen LogP contribution in [0.1, 0.15) is 11.3 Å². The Morgan fingerprint density at radius 2 is 1.76 bits per heavy atom. The number of anilines is 2. The highest BCUT2D eigenvalue weighted by molar-refractivity contribution is 5.82. The summed E-state index contributed by atoms with van der Waals surface area (Å²) in [5.41, 5.74) is 0.409. The van der Waals surface area contributed by atoms with Crippen LogP contribution in [0.25, 0.3) is 0 Å². The number of nitrogens with zero attached hydrogens (tertiary/aromatic N) is 1. The molecule has 6 nitrogen and oxygen atoms in total. The van der Waals surface area contributed by atoms with E-state index >= 15 is 0 Å². The number of carboxylic acid groups (broad SMARTS) is 1. The van der Waals surface area contributed by atoms with Crippen molar-refractivity contribution in [3.05, 3.63) is 53.9 Å². The number of carbonyl (C=O) groups excluding carboxylic acids is 1. The number of aromatic nitrogens is 1. The minimum atomic E-state index is -4.52. The Morgan fingerprint density at radius 1 is 1.08 bits per heavy atom. The molecule has 0 atom stereocenters. The maximum Gasteiger partial charge on any atom is 0.433 e. The minimum absolute atomic E-state index is 0.00103. The van der Waals surface area contributed by atoms with Crippen LogP contribution in [0.3, 0.4) is 0 Å². The summed E-state index contributed by atoms with van der Waals surface area (Å²) in [6.07, 6.45) is -3.46. The molecule has 1 aromatic carbocycles. The Bertz CT molecular complexity index is 761. The molecule has 0 saturated heterocycles. The van der Waals surface area contributed by atoms with E-state index in [9.17, 15) is 22.8 Å². The quantitative estimate of drug-likeness (QED) is 0.743. The Labute approximate surface area is 140 Å². The molecule has 0 radical (unpaired) electrons. The van der Waals surface area contributed by atoms with Crippen LogP contribution in [-0.2, 0) is 22.2 Å². The first kappa shape index (κ1) is 18.2. The fourth-order valence-electron chi connectivity index (χ4n) is 1.96. The van der Waals surface area contributed by atoms with Gasteiger partial charge in [-0.1, -0.05) is 12.1 Å². The molecule has 3 N–H and O–H groups in total. The average Bonchev–Trinajstić information content (AvgIpc) is 2.54. The van der Waals surface area contributed by atoms with E-state index in [1.807, 2.05) is 0 Å². The van der Waals surface area contributed by atoms with Crippen molar-refractivity contribution in [1.82, 2.24) is 10.3 Å². The molecule has 9 heteroatoms. The van der Waals surface area contributed by atoms with E-state index in [1.54, 1.807) is 24.3 Å². The van der Waals surface area contributed by atoms with E-state index in [0.29, 0.717) is 11.3 Å². The van der Waals surface area contributed by atoms with Crippen LogP contribution < -0.4 is 10.6 Å². The molecule has 0 spiro atoms. The summed E-state index contributed by atoms with van der Waals surface area (Å²) in [5, 5.41) is 13.5. The number of pyridine rings is 1. The van der Waals surface area contributed by atoms with Crippen LogP contribution in [0.2, 0.25) is 0 Å². The predicted molar refractivity (Wildman–Crippen MR) is 83.3 cm³/mol. The lowest BCUT2D eigenvalue weighted by atomic mass is 10.1. The molecule has 132 valence electrons. The Morgan fingerprint density at radius 3 is 2.36 bits per heavy atom. The molecule has 2 aromatic rings. The molecule has 0 aliphatic heterocycles. The Kier molecular flexibility index (Phi) is 5.58. The van der Waals surface area contributed by atoms with E-state index < -0.39 is 30.3 Å². The van der Waals surface area contributed by atoms with Crippen molar-refractivity contribution in [1.29, 1.82) is 0 Å². The van der Waals surface area contributed by atoms with Crippen molar-refractivity contribution in [2.45, 2.75) is 12.6 Å². The van der Waals surface area contributed by atoms with Crippen LogP contribution in [0.15, 0.2) is 42.6 Å². The Balaban J connectivity index is 1.99. The molecule has 2 rings (SSSR count). The fourth-order valence-corrected chi connectivity index (χ4v) is 1.96. The number of carboxylic acids is 1. The molecule has 0 saturated carbocycles. The van der Waals surface area contributed by atoms with Gasteiger partial charge in [-0.3, -0.25) is 14.6 Å². The summed E-state index contributed by atoms with van der Waals surface area (Å²) >= 11 is 0. The molecular formula is C16H14F3N3O3. The summed E-state index contributed by atoms with van der Waals surface area (Å²) < 4.78 is 37.9. The molecular weight excluding hydrogens is 339 g/mol. The summed E-state index contributed by atoms with van der Waals surface area (Å²) in [6, 6.07) is 8.75. The molecule has 0 bridgehead atoms. The molecule has 1 amide bonds. The first-order valence-corrected chi connectivity index (χ1v) is 7.12. The second kappa shape index (κ2) is 7.65. The second-order valence-corrected chi connectivity index (χ2v) is 5.10. The van der Waals surface area contributed by atoms with E-state index in [0.717, 1.165) is 12.3 Å². The minimum Gasteiger partial charge on any atom is -0.480 e. The van der Waals surface area contributed by atoms with E-state index in [1.165, 1.54) is 6.07 Å². The van der Waals surface area contributed by atoms with Gasteiger partial charge in [-0.2, -0.15) is 13.2 Å². The maximum absolute atomic E-state index is 12.6. The van der Waals surface area contributed by atoms with Crippen LogP contribution in [0, 0.1) is 0 Å². The lowest BCUT2D eigenvalue weighted by Crippen LogP contribution is -2.30. The number of aliphatic carboxylic acids is 1. The lowest BCUT2D eigenvalue weighted by molar-refractivity contribution is -0.141. The van der Waals surface area contributed by atoms with Gasteiger partial charge in [-0.05, 0) is 29.8 Å². The van der Waals surface area contributed by atoms with Crippen molar-refractivity contribution >= 4 is 23.3 Å². The summed E-state index contributed by atoms with van der Waals surface area (Å²) in [4.78, 5) is 25.2. The van der Waals surface area contributed by atoms with Gasteiger partial charge in [0.1, 0.15) is 12.2 Å². The number of rotatable bonds is 6. The van der Waals surface area contributed by atoms with Gasteiger partial charge >= 0.3 is 12.1 Å². The van der Waals surface area contributed by atoms with Crippen LogP contribution >= 0.6 is 0 Å². The zero-order valence-electron chi connectivity index (χ0n) is 12.8. The van der Waals surface area contributed by atoms with E-state index in [4.69, 9.17) is 5.11 Å². The van der Waals surface area contributed by atoms with Gasteiger partial charge < -0.3 is 15.7 Å². The number of hydrogen-bond donors (Lipinski definition) is 3. The van der Waals surface area contributed by atoms with Gasteiger partial charge in [0, 0.05) is 17.6 Å². The summed E-state index contributed by atoms with van der Waals surface area (Å²) in [5.74, 6) is -1.57. The highest BCUT2D eigenvalue weighted by Crippen LogP contribution is 2.29. The maximum atomic E-state index is 12.6. The van der Waals surface area contributed by atoms with Crippen LogP contribution in [0.4, 0.5) is 24.5 Å². The fraction of sp³-hybridized carbons (Fsp3) is 0.188. The molecule has 0 unspecified atom stereocenters. The molecule has 0 aliphatic rings. The molecule has 0 aliphatic carbocycles. The zero-order chi connectivity index (χ0) is 18.4. The number of halogens is 3. The van der Waals surface area contributed by atoms with E-state index in [-0.39, 0.29) is 12.1 Å². The van der Waals surface area contributed by atoms with Crippen LogP contribution in [-0.4, -0.2) is 28.5 Å². The number of nitrogens with one attached hydrogen (secondary N) is 2. The van der Waals surface area contributed by atoms with Crippen molar-refractivity contribution in [2.24, 2.45) is 0 Å². The summed E-state index contributed by atoms with van der Waals surface area (Å²) in [6.45, 7) is -0.456. The monoisotopic (exact) mass is 353 g/mol. The van der Waals surface area contributed by atoms with Gasteiger partial charge in [0.25, 0.3) is 0 Å². The zero-order valence-corrected chi connectivity index (χ0v) is 12.8. The smallest absolute Gasteiger partial charge is 0.433 e. The van der Waals surface area contributed by atoms with Crippen molar-refractivity contribution in [3.8, 4) is 0 Å². The number of hydrogen-bond acceptors (Lipinski definition) is 4. The number of alkyl halides is 3. The third-order valence-electron chi connectivity index (χ3n) is 3.09. The van der Waals surface area contributed by atoms with Crippen molar-refractivity contribution in [3.63, 3.8) is 0 Å². The SMILES string of the molecule is O=C(O)CNC(=O)Cc1ccc(Nc2ccnc(C(F)(F)F)c2)cc1. The van der Waals surface area contributed by atoms with Crippen LogP contribution in [0.5, 0.6) is 0 Å². The Hall–Kier alpha value is -3.10. The normalized spacial score (nSPS) is 11.0. The van der Waals surface area contributed by atoms with E-state index in [2.05, 4.69) is 15.6 Å². The third kappa shape index (κ3) is 5.79. The van der Waals surface area contributed by atoms with Gasteiger partial charge in [0.2, 0.25) is 5.91 Å². The van der Waals surface area contributed by atoms with Gasteiger partial charge in [-0.25, -0.2) is 0 Å². The highest BCUT2D eigenvalue weighted by atomic mass is 19.4. The number of amides is 1. The molecule has 0 fully saturated rings. The average molecular weight is 353 g/mol. The third-order valence-corrected chi connectivity index (χ3v) is 3.09. The lowest BCUT2D eigenvalue weighted by Gasteiger charge is -2.10. The predicted octanol–water partition coefficient (Wildman–Crippen LogP) is 2.59. The largest absolute Gasteiger partial charge is 0.480 e. The van der Waals surface area contributed by atoms with Crippen molar-refractivity contribution in [2.75, 3.05) is 11.9 Å². The standard InChI is InChI=1S/C16H14F3N3O3/c17-16(18,19)13-8-12(5-6-20-13)22-11-3-1-10(2-4-11)7-14(23)21-9-15(24)25/h1-6,8H,7,9H2,(H,20,22)(H,21,23)(H,24,25). The van der Waals surface area contributed by atoms with Crippen molar-refractivity contribution < 1.29 is 27.9 Å². The second-order valence-electron chi connectivity index (χ2n) is 5.10. The van der Waals surface area contributed by atoms with Gasteiger partial charge in [0.15, 0.2) is 0 Å². The molecule has 1 heterocycles. The molecule has 1 aromatic heterocycles. The van der Waals surface area contributed by atoms with Gasteiger partial charge in [-0.15, -0.1) is 0 Å².